The van der Waals surface area contributed by atoms with Crippen LogP contribution in [0.4, 0.5) is 10.6 Å². The molecule has 2 saturated heterocycles. The van der Waals surface area contributed by atoms with Crippen LogP contribution in [0.2, 0.25) is 5.15 Å². The van der Waals surface area contributed by atoms with E-state index in [0.717, 1.165) is 38.0 Å². The van der Waals surface area contributed by atoms with Crippen LogP contribution in [0.15, 0.2) is 12.1 Å². The number of halogens is 1. The van der Waals surface area contributed by atoms with Gasteiger partial charge < -0.3 is 19.8 Å². The van der Waals surface area contributed by atoms with Crippen molar-refractivity contribution in [1.29, 1.82) is 0 Å². The van der Waals surface area contributed by atoms with Gasteiger partial charge in [0.15, 0.2) is 0 Å². The summed E-state index contributed by atoms with van der Waals surface area (Å²) in [5.74, 6) is 1.82. The second-order valence-corrected chi connectivity index (χ2v) is 10.5. The van der Waals surface area contributed by atoms with Gasteiger partial charge in [-0.15, -0.1) is 0 Å². The molecule has 2 atom stereocenters. The third kappa shape index (κ3) is 5.25. The van der Waals surface area contributed by atoms with E-state index in [4.69, 9.17) is 11.6 Å². The average Bonchev–Trinajstić information content (AvgIpc) is 2.72. The van der Waals surface area contributed by atoms with E-state index >= 15 is 0 Å². The molecule has 8 heteroatoms. The fourth-order valence-corrected chi connectivity index (χ4v) is 5.29. The van der Waals surface area contributed by atoms with Gasteiger partial charge in [0.1, 0.15) is 11.0 Å². The highest BCUT2D eigenvalue weighted by atomic mass is 35.5. The third-order valence-corrected chi connectivity index (χ3v) is 7.17. The number of hydrogen-bond donors (Lipinski definition) is 1. The van der Waals surface area contributed by atoms with Crippen molar-refractivity contribution in [3.63, 3.8) is 0 Å². The molecule has 2 unspecified atom stereocenters. The topological polar surface area (TPSA) is 77.0 Å². The Labute approximate surface area is 190 Å². The lowest BCUT2D eigenvalue weighted by molar-refractivity contribution is 0.0826. The Balaban J connectivity index is 1.76. The van der Waals surface area contributed by atoms with E-state index in [1.54, 1.807) is 20.2 Å². The molecule has 31 heavy (non-hydrogen) atoms. The lowest BCUT2D eigenvalue weighted by Crippen LogP contribution is -2.52. The van der Waals surface area contributed by atoms with Gasteiger partial charge in [-0.1, -0.05) is 32.4 Å². The summed E-state index contributed by atoms with van der Waals surface area (Å²) in [5, 5.41) is 9.47. The predicted molar refractivity (Wildman–Crippen MR) is 123 cm³/mol. The average molecular weight is 451 g/mol. The second-order valence-electron chi connectivity index (χ2n) is 10.2. The molecule has 3 heterocycles. The van der Waals surface area contributed by atoms with Crippen LogP contribution in [0.25, 0.3) is 0 Å². The highest BCUT2D eigenvalue weighted by molar-refractivity contribution is 6.32. The zero-order valence-corrected chi connectivity index (χ0v) is 20.0. The first-order valence-corrected chi connectivity index (χ1v) is 11.5. The van der Waals surface area contributed by atoms with Crippen molar-refractivity contribution in [2.75, 3.05) is 38.6 Å². The lowest BCUT2D eigenvalue weighted by atomic mass is 9.71. The van der Waals surface area contributed by atoms with Crippen molar-refractivity contribution < 1.29 is 14.7 Å². The molecule has 1 N–H and O–H groups in total. The zero-order valence-electron chi connectivity index (χ0n) is 19.3. The van der Waals surface area contributed by atoms with Crippen LogP contribution in [0.1, 0.15) is 56.8 Å². The Morgan fingerprint density at radius 1 is 1.10 bits per heavy atom. The van der Waals surface area contributed by atoms with E-state index in [1.807, 2.05) is 6.07 Å². The SMILES string of the molecule is CN(C)C(=O)c1ccc(N2CCC(C3CCN(C(=O)O)CC3)CC2C(C)(C)C)nc1Cl. The van der Waals surface area contributed by atoms with Gasteiger partial charge >= 0.3 is 6.09 Å². The number of piperidine rings is 2. The molecule has 0 saturated carbocycles. The van der Waals surface area contributed by atoms with Crippen LogP contribution in [-0.4, -0.2) is 71.7 Å². The molecule has 172 valence electrons. The van der Waals surface area contributed by atoms with Gasteiger partial charge in [-0.2, -0.15) is 0 Å². The lowest BCUT2D eigenvalue weighted by Gasteiger charge is -2.49. The Morgan fingerprint density at radius 2 is 1.71 bits per heavy atom. The van der Waals surface area contributed by atoms with Gasteiger partial charge in [-0.3, -0.25) is 4.79 Å². The number of aromatic nitrogens is 1. The summed E-state index contributed by atoms with van der Waals surface area (Å²) in [4.78, 5) is 33.5. The van der Waals surface area contributed by atoms with E-state index in [2.05, 4.69) is 30.7 Å². The third-order valence-electron chi connectivity index (χ3n) is 6.88. The molecule has 0 radical (unpaired) electrons. The quantitative estimate of drug-likeness (QED) is 0.688. The van der Waals surface area contributed by atoms with Crippen molar-refractivity contribution in [2.45, 2.75) is 52.5 Å². The molecule has 3 rings (SSSR count). The second kappa shape index (κ2) is 9.23. The molecule has 0 aromatic carbocycles. The summed E-state index contributed by atoms with van der Waals surface area (Å²) in [5.41, 5.74) is 0.468. The standard InChI is InChI=1S/C23H35ClN4O3/c1-23(2,3)18-14-16(15-8-11-27(12-9-15)22(30)31)10-13-28(18)19-7-6-17(20(24)25-19)21(29)26(4)5/h6-7,15-16,18H,8-14H2,1-5H3,(H,30,31). The minimum absolute atomic E-state index is 0.0483. The first kappa shape index (κ1) is 23.6. The highest BCUT2D eigenvalue weighted by Gasteiger charge is 2.40. The number of nitrogens with zero attached hydrogens (tertiary/aromatic N) is 4. The fourth-order valence-electron chi connectivity index (χ4n) is 5.06. The van der Waals surface area contributed by atoms with E-state index in [-0.39, 0.29) is 16.5 Å². The maximum absolute atomic E-state index is 12.3. The molecule has 1 aromatic heterocycles. The first-order valence-electron chi connectivity index (χ1n) is 11.1. The molecular formula is C23H35ClN4O3. The van der Waals surface area contributed by atoms with Gasteiger partial charge in [0.2, 0.25) is 0 Å². The minimum Gasteiger partial charge on any atom is -0.465 e. The van der Waals surface area contributed by atoms with Crippen LogP contribution >= 0.6 is 11.6 Å². The van der Waals surface area contributed by atoms with Crippen molar-refractivity contribution in [3.05, 3.63) is 22.8 Å². The molecular weight excluding hydrogens is 416 g/mol. The van der Waals surface area contributed by atoms with Crippen molar-refractivity contribution in [1.82, 2.24) is 14.8 Å². The molecule has 2 aliphatic heterocycles. The number of carbonyl (C=O) groups excluding carboxylic acids is 1. The minimum atomic E-state index is -0.806. The van der Waals surface area contributed by atoms with Gasteiger partial charge in [-0.25, -0.2) is 9.78 Å². The van der Waals surface area contributed by atoms with Gasteiger partial charge in [0.05, 0.1) is 5.56 Å². The Bertz CT molecular complexity index is 816. The molecule has 0 aliphatic carbocycles. The molecule has 2 aliphatic rings. The van der Waals surface area contributed by atoms with E-state index in [1.165, 1.54) is 9.80 Å². The first-order chi connectivity index (χ1) is 14.5. The molecule has 7 nitrogen and oxygen atoms in total. The van der Waals surface area contributed by atoms with Crippen LogP contribution in [0.5, 0.6) is 0 Å². The monoisotopic (exact) mass is 450 g/mol. The van der Waals surface area contributed by atoms with E-state index < -0.39 is 6.09 Å². The summed E-state index contributed by atoms with van der Waals surface area (Å²) in [7, 11) is 3.40. The summed E-state index contributed by atoms with van der Waals surface area (Å²) in [6, 6.07) is 3.98. The summed E-state index contributed by atoms with van der Waals surface area (Å²) >= 11 is 6.40. The number of rotatable bonds is 3. The predicted octanol–water partition coefficient (Wildman–Crippen LogP) is 4.46. The molecule has 1 aromatic rings. The summed E-state index contributed by atoms with van der Waals surface area (Å²) in [6.45, 7) is 8.93. The van der Waals surface area contributed by atoms with Crippen molar-refractivity contribution >= 4 is 29.4 Å². The smallest absolute Gasteiger partial charge is 0.407 e. The van der Waals surface area contributed by atoms with Crippen LogP contribution < -0.4 is 4.90 Å². The summed E-state index contributed by atoms with van der Waals surface area (Å²) < 4.78 is 0. The van der Waals surface area contributed by atoms with Crippen LogP contribution in [0.3, 0.4) is 0 Å². The maximum atomic E-state index is 12.3. The number of hydrogen-bond acceptors (Lipinski definition) is 4. The van der Waals surface area contributed by atoms with E-state index in [9.17, 15) is 14.7 Å². The number of likely N-dealkylation sites (tertiary alicyclic amines) is 1. The number of amides is 2. The van der Waals surface area contributed by atoms with Gasteiger partial charge in [-0.05, 0) is 55.1 Å². The van der Waals surface area contributed by atoms with Crippen LogP contribution in [-0.2, 0) is 0 Å². The number of carbonyl (C=O) groups is 2. The van der Waals surface area contributed by atoms with Crippen molar-refractivity contribution in [3.8, 4) is 0 Å². The normalized spacial score (nSPS) is 23.0. The van der Waals surface area contributed by atoms with Crippen molar-refractivity contribution in [2.24, 2.45) is 17.3 Å². The van der Waals surface area contributed by atoms with Gasteiger partial charge in [0.25, 0.3) is 5.91 Å². The Morgan fingerprint density at radius 3 is 2.23 bits per heavy atom. The maximum Gasteiger partial charge on any atom is 0.407 e. The molecule has 0 spiro atoms. The summed E-state index contributed by atoms with van der Waals surface area (Å²) in [6.07, 6.45) is 3.19. The fraction of sp³-hybridized carbons (Fsp3) is 0.696. The van der Waals surface area contributed by atoms with Gasteiger partial charge in [0, 0.05) is 39.8 Å². The number of pyridine rings is 1. The molecule has 0 bridgehead atoms. The molecule has 2 fully saturated rings. The van der Waals surface area contributed by atoms with E-state index in [0.29, 0.717) is 36.5 Å². The Kier molecular flexibility index (Phi) is 7.04. The Hall–Kier alpha value is -2.02. The zero-order chi connectivity index (χ0) is 22.9. The highest BCUT2D eigenvalue weighted by Crippen LogP contribution is 2.42. The van der Waals surface area contributed by atoms with Crippen LogP contribution in [0, 0.1) is 17.3 Å². The number of anilines is 1. The number of carboxylic acid groups (broad SMARTS) is 1. The molecule has 2 amide bonds. The largest absolute Gasteiger partial charge is 0.465 e.